The molecule has 0 radical (unpaired) electrons. The lowest BCUT2D eigenvalue weighted by Gasteiger charge is -2.10. The highest BCUT2D eigenvalue weighted by atomic mass is 32.2. The zero-order valence-electron chi connectivity index (χ0n) is 10.8. The van der Waals surface area contributed by atoms with Crippen LogP contribution in [0.4, 0.5) is 10.1 Å². The molecule has 0 fully saturated rings. The molecule has 0 aliphatic heterocycles. The molecule has 1 atom stereocenters. The minimum atomic E-state index is -0.888. The van der Waals surface area contributed by atoms with Crippen molar-refractivity contribution in [3.8, 4) is 0 Å². The molecular weight excluding hydrogens is 269 g/mol. The number of benzene rings is 1. The third kappa shape index (κ3) is 5.74. The molecule has 2 N–H and O–H groups in total. The van der Waals surface area contributed by atoms with E-state index in [4.69, 9.17) is 5.11 Å². The van der Waals surface area contributed by atoms with Gasteiger partial charge in [0.1, 0.15) is 5.82 Å². The Morgan fingerprint density at radius 2 is 2.16 bits per heavy atom. The Morgan fingerprint density at radius 1 is 1.47 bits per heavy atom. The van der Waals surface area contributed by atoms with Crippen molar-refractivity contribution in [2.24, 2.45) is 0 Å². The maximum atomic E-state index is 13.0. The van der Waals surface area contributed by atoms with Crippen LogP contribution in [0.25, 0.3) is 0 Å². The van der Waals surface area contributed by atoms with Crippen molar-refractivity contribution in [3.05, 3.63) is 29.6 Å². The lowest BCUT2D eigenvalue weighted by molar-refractivity contribution is -0.136. The second-order valence-corrected chi connectivity index (χ2v) is 5.65. The summed E-state index contributed by atoms with van der Waals surface area (Å²) in [6, 6.07) is 4.18. The van der Waals surface area contributed by atoms with Crippen molar-refractivity contribution in [2.45, 2.75) is 25.5 Å². The van der Waals surface area contributed by atoms with Crippen molar-refractivity contribution in [2.75, 3.05) is 11.1 Å². The Kier molecular flexibility index (Phi) is 5.82. The van der Waals surface area contributed by atoms with Crippen LogP contribution >= 0.6 is 11.8 Å². The van der Waals surface area contributed by atoms with Crippen molar-refractivity contribution >= 4 is 29.3 Å². The van der Waals surface area contributed by atoms with Gasteiger partial charge >= 0.3 is 5.97 Å². The molecule has 19 heavy (non-hydrogen) atoms. The van der Waals surface area contributed by atoms with Gasteiger partial charge in [0, 0.05) is 10.9 Å². The Labute approximate surface area is 115 Å². The number of halogens is 1. The first-order valence-electron chi connectivity index (χ1n) is 5.78. The number of carboxylic acid groups (broad SMARTS) is 1. The molecular formula is C13H16FNO3S. The van der Waals surface area contributed by atoms with Gasteiger partial charge in [0.2, 0.25) is 5.91 Å². The zero-order chi connectivity index (χ0) is 14.4. The summed E-state index contributed by atoms with van der Waals surface area (Å²) in [4.78, 5) is 22.1. The second kappa shape index (κ2) is 7.13. The molecule has 0 heterocycles. The maximum Gasteiger partial charge on any atom is 0.304 e. The highest BCUT2D eigenvalue weighted by Crippen LogP contribution is 2.18. The molecule has 0 spiro atoms. The molecule has 104 valence electrons. The number of aliphatic carboxylic acids is 1. The van der Waals surface area contributed by atoms with Gasteiger partial charge in [0.25, 0.3) is 0 Å². The van der Waals surface area contributed by atoms with Crippen molar-refractivity contribution in [3.63, 3.8) is 0 Å². The number of anilines is 1. The highest BCUT2D eigenvalue weighted by molar-refractivity contribution is 8.00. The number of amides is 1. The van der Waals surface area contributed by atoms with E-state index in [2.05, 4.69) is 5.32 Å². The molecule has 0 aliphatic rings. The molecule has 1 aromatic rings. The number of thioether (sulfide) groups is 1. The van der Waals surface area contributed by atoms with E-state index in [1.54, 1.807) is 19.9 Å². The van der Waals surface area contributed by atoms with Crippen molar-refractivity contribution in [1.29, 1.82) is 0 Å². The van der Waals surface area contributed by atoms with Crippen LogP contribution in [0.2, 0.25) is 0 Å². The first kappa shape index (κ1) is 15.5. The number of nitrogens with one attached hydrogen (secondary N) is 1. The van der Waals surface area contributed by atoms with E-state index in [1.165, 1.54) is 23.9 Å². The van der Waals surface area contributed by atoms with Gasteiger partial charge in [-0.15, -0.1) is 11.8 Å². The number of rotatable bonds is 6. The number of carbonyl (C=O) groups is 2. The van der Waals surface area contributed by atoms with Gasteiger partial charge in [-0.3, -0.25) is 9.59 Å². The molecule has 0 saturated heterocycles. The average Bonchev–Trinajstić information content (AvgIpc) is 2.30. The summed E-state index contributed by atoms with van der Waals surface area (Å²) in [5.74, 6) is -1.42. The standard InChI is InChI=1S/C13H16FNO3S/c1-8-3-4-10(14)6-11(8)15-12(16)7-19-9(2)5-13(17)18/h3-4,6,9H,5,7H2,1-2H3,(H,15,16)(H,17,18). The second-order valence-electron chi connectivity index (χ2n) is 4.23. The van der Waals surface area contributed by atoms with Crippen LogP contribution in [0.15, 0.2) is 18.2 Å². The molecule has 6 heteroatoms. The van der Waals surface area contributed by atoms with Crippen molar-refractivity contribution in [1.82, 2.24) is 0 Å². The summed E-state index contributed by atoms with van der Waals surface area (Å²) in [7, 11) is 0. The summed E-state index contributed by atoms with van der Waals surface area (Å²) in [6.45, 7) is 3.52. The summed E-state index contributed by atoms with van der Waals surface area (Å²) in [5.41, 5.74) is 1.22. The first-order valence-corrected chi connectivity index (χ1v) is 6.82. The molecule has 0 saturated carbocycles. The Bertz CT molecular complexity index is 479. The number of hydrogen-bond acceptors (Lipinski definition) is 3. The van der Waals surface area contributed by atoms with Crippen LogP contribution in [-0.2, 0) is 9.59 Å². The Hall–Kier alpha value is -1.56. The fraction of sp³-hybridized carbons (Fsp3) is 0.385. The molecule has 1 aromatic carbocycles. The average molecular weight is 285 g/mol. The lowest BCUT2D eigenvalue weighted by atomic mass is 10.2. The van der Waals surface area contributed by atoms with E-state index >= 15 is 0 Å². The maximum absolute atomic E-state index is 13.0. The van der Waals surface area contributed by atoms with E-state index in [0.717, 1.165) is 5.56 Å². The van der Waals surface area contributed by atoms with Crippen LogP contribution in [0.1, 0.15) is 18.9 Å². The summed E-state index contributed by atoms with van der Waals surface area (Å²) in [5, 5.41) is 11.1. The van der Waals surface area contributed by atoms with E-state index < -0.39 is 11.8 Å². The van der Waals surface area contributed by atoms with E-state index in [9.17, 15) is 14.0 Å². The van der Waals surface area contributed by atoms with Crippen LogP contribution in [0.5, 0.6) is 0 Å². The first-order chi connectivity index (χ1) is 8.88. The molecule has 4 nitrogen and oxygen atoms in total. The third-order valence-corrected chi connectivity index (χ3v) is 3.60. The number of carbonyl (C=O) groups excluding carboxylic acids is 1. The summed E-state index contributed by atoms with van der Waals surface area (Å²) >= 11 is 1.26. The van der Waals surface area contributed by atoms with Gasteiger partial charge in [-0.2, -0.15) is 0 Å². The topological polar surface area (TPSA) is 66.4 Å². The lowest BCUT2D eigenvalue weighted by Crippen LogP contribution is -2.17. The molecule has 0 aliphatic carbocycles. The fourth-order valence-corrected chi connectivity index (χ4v) is 2.21. The van der Waals surface area contributed by atoms with Gasteiger partial charge in [0.05, 0.1) is 12.2 Å². The molecule has 1 rings (SSSR count). The predicted octanol–water partition coefficient (Wildman–Crippen LogP) is 2.67. The van der Waals surface area contributed by atoms with Gasteiger partial charge in [-0.05, 0) is 24.6 Å². The third-order valence-electron chi connectivity index (χ3n) is 2.43. The van der Waals surface area contributed by atoms with Crippen LogP contribution in [0.3, 0.4) is 0 Å². The van der Waals surface area contributed by atoms with Gasteiger partial charge in [-0.1, -0.05) is 13.0 Å². The van der Waals surface area contributed by atoms with Gasteiger partial charge in [0.15, 0.2) is 0 Å². The molecule has 1 amide bonds. The van der Waals surface area contributed by atoms with E-state index in [1.807, 2.05) is 0 Å². The van der Waals surface area contributed by atoms with Crippen LogP contribution in [0, 0.1) is 12.7 Å². The normalized spacial score (nSPS) is 11.9. The Morgan fingerprint density at radius 3 is 2.79 bits per heavy atom. The van der Waals surface area contributed by atoms with Crippen molar-refractivity contribution < 1.29 is 19.1 Å². The van der Waals surface area contributed by atoms with Crippen LogP contribution < -0.4 is 5.32 Å². The summed E-state index contributed by atoms with van der Waals surface area (Å²) in [6.07, 6.45) is 0.0109. The minimum Gasteiger partial charge on any atom is -0.481 e. The molecule has 1 unspecified atom stereocenters. The smallest absolute Gasteiger partial charge is 0.304 e. The zero-order valence-corrected chi connectivity index (χ0v) is 11.6. The predicted molar refractivity (Wildman–Crippen MR) is 73.9 cm³/mol. The number of hydrogen-bond donors (Lipinski definition) is 2. The van der Waals surface area contributed by atoms with E-state index in [0.29, 0.717) is 5.69 Å². The SMILES string of the molecule is Cc1ccc(F)cc1NC(=O)CSC(C)CC(=O)O. The monoisotopic (exact) mass is 285 g/mol. The summed E-state index contributed by atoms with van der Waals surface area (Å²) < 4.78 is 13.0. The van der Waals surface area contributed by atoms with Gasteiger partial charge in [-0.25, -0.2) is 4.39 Å². The molecule has 0 aromatic heterocycles. The largest absolute Gasteiger partial charge is 0.481 e. The number of carboxylic acids is 1. The van der Waals surface area contributed by atoms with Crippen LogP contribution in [-0.4, -0.2) is 28.0 Å². The van der Waals surface area contributed by atoms with E-state index in [-0.39, 0.29) is 23.3 Å². The molecule has 0 bridgehead atoms. The van der Waals surface area contributed by atoms with Gasteiger partial charge < -0.3 is 10.4 Å². The fourth-order valence-electron chi connectivity index (χ4n) is 1.44. The highest BCUT2D eigenvalue weighted by Gasteiger charge is 2.11. The minimum absolute atomic E-state index is 0.0109. The Balaban J connectivity index is 2.47. The quantitative estimate of drug-likeness (QED) is 0.843. The number of aryl methyl sites for hydroxylation is 1.